The zero-order valence-corrected chi connectivity index (χ0v) is 20.7. The van der Waals surface area contributed by atoms with Gasteiger partial charge in [-0.2, -0.15) is 13.2 Å². The molecular formula is C28H29F3O3S. The summed E-state index contributed by atoms with van der Waals surface area (Å²) >= 11 is 1.67. The number of carbonyl (C=O) groups excluding carboxylic acids is 1. The molecule has 7 heteroatoms. The number of hydrogen-bond donors (Lipinski definition) is 0. The molecule has 0 N–H and O–H groups in total. The van der Waals surface area contributed by atoms with E-state index < -0.39 is 11.7 Å². The van der Waals surface area contributed by atoms with Gasteiger partial charge in [0.05, 0.1) is 12.2 Å². The van der Waals surface area contributed by atoms with Crippen LogP contribution in [-0.2, 0) is 21.5 Å². The maximum Gasteiger partial charge on any atom is 0.416 e. The largest absolute Gasteiger partial charge is 0.482 e. The summed E-state index contributed by atoms with van der Waals surface area (Å²) in [4.78, 5) is 12.9. The van der Waals surface area contributed by atoms with E-state index >= 15 is 0 Å². The molecule has 0 saturated heterocycles. The Bertz CT molecular complexity index is 1090. The second-order valence-corrected chi connectivity index (χ2v) is 9.25. The minimum atomic E-state index is -4.33. The number of alkyl halides is 3. The summed E-state index contributed by atoms with van der Waals surface area (Å²) in [7, 11) is 0. The zero-order chi connectivity index (χ0) is 25.3. The van der Waals surface area contributed by atoms with E-state index in [9.17, 15) is 18.0 Å². The van der Waals surface area contributed by atoms with Gasteiger partial charge in [0.2, 0.25) is 0 Å². The maximum absolute atomic E-state index is 12.8. The molecule has 0 aliphatic carbocycles. The van der Waals surface area contributed by atoms with Gasteiger partial charge in [-0.25, -0.2) is 4.79 Å². The summed E-state index contributed by atoms with van der Waals surface area (Å²) in [6.07, 6.45) is -1.35. The molecule has 186 valence electrons. The lowest BCUT2D eigenvalue weighted by molar-refractivity contribution is -0.146. The Morgan fingerprint density at radius 1 is 0.914 bits per heavy atom. The average molecular weight is 503 g/mol. The Balaban J connectivity index is 1.49. The van der Waals surface area contributed by atoms with Crippen LogP contribution in [0.5, 0.6) is 5.75 Å². The van der Waals surface area contributed by atoms with Crippen LogP contribution >= 0.6 is 11.8 Å². The van der Waals surface area contributed by atoms with Crippen LogP contribution in [0, 0.1) is 6.92 Å². The van der Waals surface area contributed by atoms with Crippen molar-refractivity contribution in [1.29, 1.82) is 0 Å². The Kier molecular flexibility index (Phi) is 9.66. The molecule has 0 aliphatic rings. The second kappa shape index (κ2) is 12.7. The number of rotatable bonds is 11. The fraction of sp³-hybridized carbons (Fsp3) is 0.321. The number of esters is 1. The van der Waals surface area contributed by atoms with Crippen molar-refractivity contribution >= 4 is 17.7 Å². The van der Waals surface area contributed by atoms with Gasteiger partial charge < -0.3 is 9.47 Å². The summed E-state index contributed by atoms with van der Waals surface area (Å²) in [5, 5.41) is 0. The van der Waals surface area contributed by atoms with Crippen molar-refractivity contribution in [3.8, 4) is 16.9 Å². The highest BCUT2D eigenvalue weighted by molar-refractivity contribution is 7.98. The predicted molar refractivity (Wildman–Crippen MR) is 134 cm³/mol. The van der Waals surface area contributed by atoms with Crippen molar-refractivity contribution in [1.82, 2.24) is 0 Å². The van der Waals surface area contributed by atoms with Crippen LogP contribution in [-0.4, -0.2) is 19.2 Å². The second-order valence-electron chi connectivity index (χ2n) is 8.20. The standard InChI is InChI=1S/C28H29F3O3S/c1-3-4-5-16-33-27(32)18-34-26-15-14-25(17-20(26)2)35-19-21-6-8-22(9-7-21)23-10-12-24(13-11-23)28(29,30)31/h6-15,17H,3-5,16,18-19H2,1-2H3. The molecule has 3 nitrogen and oxygen atoms in total. The van der Waals surface area contributed by atoms with Crippen LogP contribution in [0.2, 0.25) is 0 Å². The van der Waals surface area contributed by atoms with Gasteiger partial charge in [0.1, 0.15) is 5.75 Å². The van der Waals surface area contributed by atoms with Crippen LogP contribution in [0.3, 0.4) is 0 Å². The van der Waals surface area contributed by atoms with Gasteiger partial charge in [-0.05, 0) is 65.9 Å². The molecule has 0 radical (unpaired) electrons. The van der Waals surface area contributed by atoms with Gasteiger partial charge in [-0.15, -0.1) is 11.8 Å². The minimum Gasteiger partial charge on any atom is -0.482 e. The van der Waals surface area contributed by atoms with E-state index in [1.54, 1.807) is 11.8 Å². The fourth-order valence-corrected chi connectivity index (χ4v) is 4.35. The predicted octanol–water partition coefficient (Wildman–Crippen LogP) is 8.09. The van der Waals surface area contributed by atoms with E-state index in [2.05, 4.69) is 6.92 Å². The molecule has 0 aromatic heterocycles. The van der Waals surface area contributed by atoms with Gasteiger partial charge in [-0.1, -0.05) is 56.2 Å². The lowest BCUT2D eigenvalue weighted by atomic mass is 10.0. The number of halogens is 3. The number of carbonyl (C=O) groups is 1. The number of thioether (sulfide) groups is 1. The lowest BCUT2D eigenvalue weighted by Gasteiger charge is -2.11. The number of benzene rings is 3. The van der Waals surface area contributed by atoms with E-state index in [1.807, 2.05) is 49.4 Å². The SMILES string of the molecule is CCCCCOC(=O)COc1ccc(SCc2ccc(-c3ccc(C(F)(F)F)cc3)cc2)cc1C. The first-order valence-corrected chi connectivity index (χ1v) is 12.5. The van der Waals surface area contributed by atoms with Gasteiger partial charge in [0.25, 0.3) is 0 Å². The number of ether oxygens (including phenoxy) is 2. The highest BCUT2D eigenvalue weighted by Crippen LogP contribution is 2.32. The number of aryl methyl sites for hydroxylation is 1. The summed E-state index contributed by atoms with van der Waals surface area (Å²) in [5.74, 6) is 1.04. The molecule has 0 fully saturated rings. The van der Waals surface area contributed by atoms with Gasteiger partial charge in [0.15, 0.2) is 6.61 Å². The van der Waals surface area contributed by atoms with Crippen LogP contribution < -0.4 is 4.74 Å². The van der Waals surface area contributed by atoms with Crippen molar-refractivity contribution < 1.29 is 27.4 Å². The first kappa shape index (κ1) is 26.7. The van der Waals surface area contributed by atoms with Gasteiger partial charge in [0, 0.05) is 10.6 Å². The highest BCUT2D eigenvalue weighted by atomic mass is 32.2. The molecule has 0 unspecified atom stereocenters. The molecule has 3 aromatic rings. The van der Waals surface area contributed by atoms with Crippen molar-refractivity contribution in [2.75, 3.05) is 13.2 Å². The molecule has 3 aromatic carbocycles. The third kappa shape index (κ3) is 8.35. The summed E-state index contributed by atoms with van der Waals surface area (Å²) in [5.41, 5.74) is 3.01. The van der Waals surface area contributed by atoms with E-state index in [0.29, 0.717) is 12.4 Å². The van der Waals surface area contributed by atoms with E-state index in [0.717, 1.165) is 64.3 Å². The third-order valence-corrected chi connectivity index (χ3v) is 6.47. The fourth-order valence-electron chi connectivity index (χ4n) is 3.40. The van der Waals surface area contributed by atoms with E-state index in [1.165, 1.54) is 12.1 Å². The van der Waals surface area contributed by atoms with Gasteiger partial charge in [-0.3, -0.25) is 0 Å². The van der Waals surface area contributed by atoms with Crippen LogP contribution in [0.25, 0.3) is 11.1 Å². The third-order valence-electron chi connectivity index (χ3n) is 5.41. The van der Waals surface area contributed by atoms with Crippen molar-refractivity contribution in [3.05, 3.63) is 83.4 Å². The maximum atomic E-state index is 12.8. The Morgan fingerprint density at radius 2 is 1.57 bits per heavy atom. The van der Waals surface area contributed by atoms with Gasteiger partial charge >= 0.3 is 12.1 Å². The summed E-state index contributed by atoms with van der Waals surface area (Å²) in [6, 6.07) is 18.8. The van der Waals surface area contributed by atoms with Crippen molar-refractivity contribution in [2.45, 2.75) is 49.9 Å². The molecule has 0 atom stereocenters. The zero-order valence-electron chi connectivity index (χ0n) is 19.9. The van der Waals surface area contributed by atoms with Crippen LogP contribution in [0.1, 0.15) is 42.9 Å². The summed E-state index contributed by atoms with van der Waals surface area (Å²) in [6.45, 7) is 4.35. The average Bonchev–Trinajstić information content (AvgIpc) is 2.85. The molecule has 0 heterocycles. The first-order chi connectivity index (χ1) is 16.8. The molecule has 0 bridgehead atoms. The first-order valence-electron chi connectivity index (χ1n) is 11.5. The van der Waals surface area contributed by atoms with Crippen molar-refractivity contribution in [3.63, 3.8) is 0 Å². The molecule has 0 amide bonds. The quantitative estimate of drug-likeness (QED) is 0.151. The summed E-state index contributed by atoms with van der Waals surface area (Å²) < 4.78 is 49.0. The molecule has 0 spiro atoms. The Labute approximate surface area is 208 Å². The lowest BCUT2D eigenvalue weighted by Crippen LogP contribution is -2.15. The molecular weight excluding hydrogens is 473 g/mol. The molecule has 3 rings (SSSR count). The molecule has 0 saturated carbocycles. The number of hydrogen-bond acceptors (Lipinski definition) is 4. The topological polar surface area (TPSA) is 35.5 Å². The smallest absolute Gasteiger partial charge is 0.416 e. The Hall–Kier alpha value is -2.93. The molecule has 35 heavy (non-hydrogen) atoms. The Morgan fingerprint density at radius 3 is 2.17 bits per heavy atom. The van der Waals surface area contributed by atoms with Crippen LogP contribution in [0.4, 0.5) is 13.2 Å². The molecule has 0 aliphatic heterocycles. The minimum absolute atomic E-state index is 0.106. The monoisotopic (exact) mass is 502 g/mol. The van der Waals surface area contributed by atoms with E-state index in [-0.39, 0.29) is 12.6 Å². The van der Waals surface area contributed by atoms with E-state index in [4.69, 9.17) is 9.47 Å². The van der Waals surface area contributed by atoms with Crippen molar-refractivity contribution in [2.24, 2.45) is 0 Å². The normalized spacial score (nSPS) is 11.3. The number of unbranched alkanes of at least 4 members (excludes halogenated alkanes) is 2. The van der Waals surface area contributed by atoms with Crippen LogP contribution in [0.15, 0.2) is 71.6 Å². The highest BCUT2D eigenvalue weighted by Gasteiger charge is 2.29.